The molecule has 0 aliphatic heterocycles. The van der Waals surface area contributed by atoms with Gasteiger partial charge in [-0.05, 0) is 50.5 Å². The number of amides is 1. The van der Waals surface area contributed by atoms with Gasteiger partial charge in [-0.3, -0.25) is 4.79 Å². The Hall–Kier alpha value is -1.78. The van der Waals surface area contributed by atoms with Crippen LogP contribution < -0.4 is 5.32 Å². The number of rotatable bonds is 32. The van der Waals surface area contributed by atoms with Gasteiger partial charge in [0.1, 0.15) is 0 Å². The first kappa shape index (κ1) is 40.2. The number of hydrogen-bond donors (Lipinski definition) is 2. The van der Waals surface area contributed by atoms with E-state index in [-0.39, 0.29) is 12.5 Å². The van der Waals surface area contributed by atoms with Crippen molar-refractivity contribution in [1.82, 2.24) is 5.32 Å². The summed E-state index contributed by atoms with van der Waals surface area (Å²) in [5.74, 6) is -0.0800. The summed E-state index contributed by atoms with van der Waals surface area (Å²) < 4.78 is 0. The molecule has 0 heterocycles. The van der Waals surface area contributed by atoms with Crippen LogP contribution in [0.15, 0.2) is 29.4 Å². The maximum atomic E-state index is 12.5. The molecule has 0 spiro atoms. The third-order valence-electron chi connectivity index (χ3n) is 8.07. The monoisotopic (exact) mass is 589 g/mol. The molecule has 0 aliphatic rings. The number of unbranched alkanes of at least 4 members (excludes halogenated alkanes) is 22. The summed E-state index contributed by atoms with van der Waals surface area (Å²) in [6.07, 6.45) is 39.4. The minimum Gasteiger partial charge on any atom is -0.387 e. The van der Waals surface area contributed by atoms with Crippen LogP contribution in [0.2, 0.25) is 0 Å². The predicted molar refractivity (Wildman–Crippen MR) is 182 cm³/mol. The van der Waals surface area contributed by atoms with Gasteiger partial charge in [0, 0.05) is 17.9 Å². The van der Waals surface area contributed by atoms with E-state index in [0.29, 0.717) is 6.42 Å². The maximum absolute atomic E-state index is 12.5. The lowest BCUT2D eigenvalue weighted by Gasteiger charge is -2.20. The minimum absolute atomic E-state index is 0.0541. The molecule has 0 aromatic heterocycles. The van der Waals surface area contributed by atoms with Gasteiger partial charge in [0.2, 0.25) is 5.91 Å². The van der Waals surface area contributed by atoms with Crippen LogP contribution in [0.1, 0.15) is 181 Å². The first-order valence-corrected chi connectivity index (χ1v) is 18.0. The lowest BCUT2D eigenvalue weighted by molar-refractivity contribution is -0.122. The first-order valence-electron chi connectivity index (χ1n) is 18.0. The molecule has 0 bridgehead atoms. The number of allylic oxidation sites excluding steroid dienone is 3. The number of hydrogen-bond acceptors (Lipinski definition) is 3. The van der Waals surface area contributed by atoms with E-state index in [9.17, 15) is 9.90 Å². The van der Waals surface area contributed by atoms with E-state index < -0.39 is 12.1 Å². The Morgan fingerprint density at radius 3 is 1.52 bits per heavy atom. The minimum atomic E-state index is -0.846. The Kier molecular flexibility index (Phi) is 32.3. The zero-order valence-corrected chi connectivity index (χ0v) is 27.8. The summed E-state index contributed by atoms with van der Waals surface area (Å²) >= 11 is 0. The molecule has 42 heavy (non-hydrogen) atoms. The van der Waals surface area contributed by atoms with Crippen molar-refractivity contribution in [3.63, 3.8) is 0 Å². The van der Waals surface area contributed by atoms with Gasteiger partial charge in [0.25, 0.3) is 0 Å². The van der Waals surface area contributed by atoms with Crippen LogP contribution in [0.4, 0.5) is 0 Å². The van der Waals surface area contributed by atoms with Crippen LogP contribution in [-0.4, -0.2) is 29.7 Å². The second-order valence-electron chi connectivity index (χ2n) is 12.2. The van der Waals surface area contributed by atoms with Crippen molar-refractivity contribution in [2.75, 3.05) is 6.54 Å². The third-order valence-corrected chi connectivity index (χ3v) is 8.07. The second kappa shape index (κ2) is 33.7. The van der Waals surface area contributed by atoms with Crippen molar-refractivity contribution in [3.05, 3.63) is 34.7 Å². The third kappa shape index (κ3) is 29.7. The number of aliphatic hydroxyl groups excluding tert-OH is 1. The molecule has 2 atom stereocenters. The second-order valence-corrected chi connectivity index (χ2v) is 12.2. The lowest BCUT2D eigenvalue weighted by Crippen LogP contribution is -2.44. The number of nitrogens with one attached hydrogen (secondary N) is 1. The van der Waals surface area contributed by atoms with Crippen LogP contribution in [0.25, 0.3) is 10.4 Å². The highest BCUT2D eigenvalue weighted by molar-refractivity contribution is 5.76. The quantitative estimate of drug-likeness (QED) is 0.0268. The van der Waals surface area contributed by atoms with Crippen molar-refractivity contribution in [1.29, 1.82) is 0 Å². The zero-order valence-electron chi connectivity index (χ0n) is 27.8. The van der Waals surface area contributed by atoms with Crippen LogP contribution in [0, 0.1) is 0 Å². The van der Waals surface area contributed by atoms with Gasteiger partial charge < -0.3 is 10.4 Å². The molecule has 6 heteroatoms. The van der Waals surface area contributed by atoms with Crippen LogP contribution in [0.5, 0.6) is 0 Å². The van der Waals surface area contributed by atoms with Gasteiger partial charge in [-0.2, -0.15) is 0 Å². The number of azide groups is 1. The molecular formula is C36H68N4O2. The molecule has 1 amide bonds. The van der Waals surface area contributed by atoms with Gasteiger partial charge in [0.15, 0.2) is 0 Å². The Balaban J connectivity index is 3.88. The normalized spacial score (nSPS) is 13.0. The standard InChI is InChI=1S/C36H68N4O2/c1-3-5-7-9-11-13-15-17-18-20-22-24-26-28-30-32-36(42)39-34(33-38-40-37)35(41)31-29-27-25-23-21-19-16-14-12-10-8-6-4-2/h17-18,29,31,34-35,41H,3-16,19-28,30,32-33H2,1-2H3,(H,39,42)/b18-17-,31-29+/t34-,35+/m0/s1. The van der Waals surface area contributed by atoms with E-state index in [1.54, 1.807) is 6.08 Å². The van der Waals surface area contributed by atoms with Gasteiger partial charge in [-0.15, -0.1) is 0 Å². The molecule has 0 aliphatic carbocycles. The van der Waals surface area contributed by atoms with E-state index in [4.69, 9.17) is 5.53 Å². The van der Waals surface area contributed by atoms with Gasteiger partial charge >= 0.3 is 0 Å². The lowest BCUT2D eigenvalue weighted by atomic mass is 10.0. The highest BCUT2D eigenvalue weighted by Gasteiger charge is 2.18. The van der Waals surface area contributed by atoms with Crippen molar-refractivity contribution in [3.8, 4) is 0 Å². The maximum Gasteiger partial charge on any atom is 0.220 e. The molecule has 0 fully saturated rings. The fourth-order valence-electron chi connectivity index (χ4n) is 5.29. The molecule has 244 valence electrons. The Morgan fingerprint density at radius 2 is 1.07 bits per heavy atom. The van der Waals surface area contributed by atoms with Crippen molar-refractivity contribution in [2.24, 2.45) is 5.11 Å². The average molecular weight is 589 g/mol. The Bertz CT molecular complexity index is 688. The first-order chi connectivity index (χ1) is 20.7. The molecular weight excluding hydrogens is 520 g/mol. The van der Waals surface area contributed by atoms with Crippen LogP contribution >= 0.6 is 0 Å². The summed E-state index contributed by atoms with van der Waals surface area (Å²) in [4.78, 5) is 15.3. The predicted octanol–water partition coefficient (Wildman–Crippen LogP) is 11.4. The smallest absolute Gasteiger partial charge is 0.220 e. The van der Waals surface area contributed by atoms with E-state index in [0.717, 1.165) is 38.5 Å². The Labute approximate surface area is 260 Å². The van der Waals surface area contributed by atoms with Crippen molar-refractivity contribution < 1.29 is 9.90 Å². The van der Waals surface area contributed by atoms with Gasteiger partial charge in [-0.1, -0.05) is 159 Å². The highest BCUT2D eigenvalue weighted by atomic mass is 16.3. The molecule has 0 rings (SSSR count). The van der Waals surface area contributed by atoms with Gasteiger partial charge in [-0.25, -0.2) is 0 Å². The molecule has 6 nitrogen and oxygen atoms in total. The number of carbonyl (C=O) groups excluding carboxylic acids is 1. The summed E-state index contributed by atoms with van der Waals surface area (Å²) in [5.41, 5.74) is 8.72. The number of nitrogens with zero attached hydrogens (tertiary/aromatic N) is 3. The van der Waals surface area contributed by atoms with Gasteiger partial charge in [0.05, 0.1) is 12.1 Å². The number of aliphatic hydroxyl groups is 1. The van der Waals surface area contributed by atoms with E-state index in [1.807, 2.05) is 6.08 Å². The van der Waals surface area contributed by atoms with E-state index in [2.05, 4.69) is 41.3 Å². The van der Waals surface area contributed by atoms with Crippen molar-refractivity contribution in [2.45, 2.75) is 193 Å². The molecule has 0 unspecified atom stereocenters. The largest absolute Gasteiger partial charge is 0.387 e. The fourth-order valence-corrected chi connectivity index (χ4v) is 5.29. The SMILES string of the molecule is CCCCCCCC/C=C\CCCCCCCC(=O)N[C@@H](CN=[N+]=[N-])[C@H](O)/C=C/CCCCCCCCCCCCC. The number of carbonyl (C=O) groups is 1. The fraction of sp³-hybridized carbons (Fsp3) is 0.861. The Morgan fingerprint density at radius 1 is 0.667 bits per heavy atom. The highest BCUT2D eigenvalue weighted by Crippen LogP contribution is 2.13. The molecule has 0 aromatic carbocycles. The molecule has 0 saturated heterocycles. The van der Waals surface area contributed by atoms with E-state index >= 15 is 0 Å². The molecule has 0 radical (unpaired) electrons. The molecule has 2 N–H and O–H groups in total. The summed E-state index contributed by atoms with van der Waals surface area (Å²) in [6.45, 7) is 4.58. The average Bonchev–Trinajstić information content (AvgIpc) is 2.99. The van der Waals surface area contributed by atoms with Crippen LogP contribution in [0.3, 0.4) is 0 Å². The summed E-state index contributed by atoms with van der Waals surface area (Å²) in [5, 5.41) is 17.1. The van der Waals surface area contributed by atoms with Crippen molar-refractivity contribution >= 4 is 5.91 Å². The topological polar surface area (TPSA) is 98.1 Å². The summed E-state index contributed by atoms with van der Waals surface area (Å²) in [7, 11) is 0. The zero-order chi connectivity index (χ0) is 30.8. The van der Waals surface area contributed by atoms with E-state index in [1.165, 1.54) is 122 Å². The van der Waals surface area contributed by atoms with Crippen LogP contribution in [-0.2, 0) is 4.79 Å². The summed E-state index contributed by atoms with van der Waals surface area (Å²) in [6, 6.07) is -0.579. The molecule has 0 saturated carbocycles. The molecule has 0 aromatic rings.